The summed E-state index contributed by atoms with van der Waals surface area (Å²) in [6.07, 6.45) is 0.757. The molecule has 7 aromatic rings. The minimum Gasteiger partial charge on any atom is -0.423 e. The molecule has 0 spiro atoms. The van der Waals surface area contributed by atoms with Crippen LogP contribution in [-0.4, -0.2) is 70.4 Å². The van der Waals surface area contributed by atoms with Crippen LogP contribution in [0.3, 0.4) is 0 Å². The highest BCUT2D eigenvalue weighted by atomic mass is 16.5. The van der Waals surface area contributed by atoms with Crippen LogP contribution in [0.5, 0.6) is 0 Å². The lowest BCUT2D eigenvalue weighted by Gasteiger charge is -2.26. The van der Waals surface area contributed by atoms with E-state index in [2.05, 4.69) is 74.4 Å². The Bertz CT molecular complexity index is 2410. The van der Waals surface area contributed by atoms with Crippen molar-refractivity contribution < 1.29 is 24.8 Å². The Morgan fingerprint density at radius 3 is 1.73 bits per heavy atom. The first-order valence-corrected chi connectivity index (χ1v) is 19.0. The molecule has 0 heterocycles. The zero-order chi connectivity index (χ0) is 38.9. The van der Waals surface area contributed by atoms with Gasteiger partial charge in [-0.05, 0) is 83.0 Å². The summed E-state index contributed by atoms with van der Waals surface area (Å²) in [6, 6.07) is 42.5. The Morgan fingerprint density at radius 2 is 1.09 bits per heavy atom. The van der Waals surface area contributed by atoms with E-state index in [1.54, 1.807) is 18.2 Å². The Labute approximate surface area is 327 Å². The molecule has 0 aliphatic carbocycles. The molecule has 0 radical (unpaired) electrons. The van der Waals surface area contributed by atoms with Crippen molar-refractivity contribution in [2.24, 2.45) is 5.11 Å². The van der Waals surface area contributed by atoms with Gasteiger partial charge in [-0.15, -0.1) is 0 Å². The third-order valence-corrected chi connectivity index (χ3v) is 10.5. The molecule has 0 aromatic heterocycles. The van der Waals surface area contributed by atoms with Crippen molar-refractivity contribution in [3.63, 3.8) is 0 Å². The van der Waals surface area contributed by atoms with Gasteiger partial charge in [-0.2, -0.15) is 0 Å². The largest absolute Gasteiger partial charge is 0.488 e. The number of nitrogens with zero attached hydrogens (tertiary/aromatic N) is 5. The molecule has 7 aromatic carbocycles. The fourth-order valence-corrected chi connectivity index (χ4v) is 7.75. The van der Waals surface area contributed by atoms with Gasteiger partial charge in [0.25, 0.3) is 0 Å². The molecule has 56 heavy (non-hydrogen) atoms. The van der Waals surface area contributed by atoms with Gasteiger partial charge in [-0.25, -0.2) is 0 Å². The molecule has 4 N–H and O–H groups in total. The summed E-state index contributed by atoms with van der Waals surface area (Å²) in [5.41, 5.74) is 14.6. The number of azide groups is 1. The van der Waals surface area contributed by atoms with Gasteiger partial charge in [0.05, 0.1) is 13.2 Å². The summed E-state index contributed by atoms with van der Waals surface area (Å²) >= 11 is 0. The Morgan fingerprint density at radius 1 is 0.536 bits per heavy atom. The number of hydrogen-bond donors (Lipinski definition) is 4. The second kappa shape index (κ2) is 18.6. The summed E-state index contributed by atoms with van der Waals surface area (Å²) in [5, 5.41) is 51.5. The van der Waals surface area contributed by atoms with Crippen LogP contribution in [0.4, 0.5) is 0 Å². The van der Waals surface area contributed by atoms with E-state index in [0.29, 0.717) is 70.0 Å². The van der Waals surface area contributed by atoms with Crippen molar-refractivity contribution in [1.29, 1.82) is 0 Å². The summed E-state index contributed by atoms with van der Waals surface area (Å²) in [5.74, 6) is 0. The molecule has 0 saturated heterocycles. The van der Waals surface area contributed by atoms with Gasteiger partial charge in [-0.1, -0.05) is 133 Å². The highest BCUT2D eigenvalue weighted by Crippen LogP contribution is 2.36. The van der Waals surface area contributed by atoms with E-state index in [-0.39, 0.29) is 0 Å². The van der Waals surface area contributed by atoms with E-state index in [1.807, 2.05) is 54.6 Å². The van der Waals surface area contributed by atoms with Crippen LogP contribution >= 0.6 is 0 Å². The molecule has 0 atom stereocenters. The SMILES string of the molecule is [N-]=[N+]=NCc1ccc(CN(CCCOCCN(Cc2ccccc2B(O)O)Cc2ccc3ccc4cccc5ccc2c3c45)Cc2ccccc2B(O)O)cc1. The van der Waals surface area contributed by atoms with Crippen molar-refractivity contribution in [2.75, 3.05) is 26.3 Å². The standard InChI is InChI=1S/C44H45B2N5O5/c47-49-48-27-32-13-15-33(16-14-32)28-50(30-38-7-1-3-11-41(38)45(52)53)23-6-25-56-26-24-51(31-39-8-2-4-12-42(39)46(54)55)29-37-20-19-36-18-17-34-9-5-10-35-21-22-40(37)44(36)43(34)35/h1-5,7-22,52-55H,6,23-31H2. The summed E-state index contributed by atoms with van der Waals surface area (Å²) in [6.45, 7) is 5.00. The van der Waals surface area contributed by atoms with Gasteiger partial charge in [-0.3, -0.25) is 9.80 Å². The van der Waals surface area contributed by atoms with E-state index in [0.717, 1.165) is 28.7 Å². The van der Waals surface area contributed by atoms with Crippen LogP contribution in [0.15, 0.2) is 133 Å². The van der Waals surface area contributed by atoms with Gasteiger partial charge in [0.2, 0.25) is 0 Å². The quantitative estimate of drug-likeness (QED) is 0.0203. The lowest BCUT2D eigenvalue weighted by Crippen LogP contribution is -2.36. The molecular weight excluding hydrogens is 700 g/mol. The Kier molecular flexibility index (Phi) is 12.9. The molecule has 0 amide bonds. The van der Waals surface area contributed by atoms with Crippen LogP contribution in [-0.2, 0) is 37.5 Å². The zero-order valence-corrected chi connectivity index (χ0v) is 31.3. The van der Waals surface area contributed by atoms with Crippen LogP contribution in [0.2, 0.25) is 0 Å². The van der Waals surface area contributed by atoms with Gasteiger partial charge >= 0.3 is 14.2 Å². The van der Waals surface area contributed by atoms with E-state index in [1.165, 1.54) is 37.9 Å². The second-order valence-corrected chi connectivity index (χ2v) is 14.3. The van der Waals surface area contributed by atoms with Crippen LogP contribution in [0.1, 0.15) is 34.2 Å². The van der Waals surface area contributed by atoms with E-state index in [9.17, 15) is 20.1 Å². The van der Waals surface area contributed by atoms with Gasteiger partial charge in [0, 0.05) is 50.8 Å². The molecule has 0 aliphatic rings. The van der Waals surface area contributed by atoms with E-state index < -0.39 is 14.2 Å². The molecule has 0 aliphatic heterocycles. The minimum absolute atomic E-state index is 0.297. The molecule has 0 unspecified atom stereocenters. The highest BCUT2D eigenvalue weighted by molar-refractivity contribution is 6.59. The lowest BCUT2D eigenvalue weighted by molar-refractivity contribution is 0.0893. The van der Waals surface area contributed by atoms with Gasteiger partial charge in [0.1, 0.15) is 0 Å². The average molecular weight is 745 g/mol. The van der Waals surface area contributed by atoms with Crippen LogP contribution in [0, 0.1) is 0 Å². The average Bonchev–Trinajstić information content (AvgIpc) is 3.21. The maximum absolute atomic E-state index is 10.2. The zero-order valence-electron chi connectivity index (χ0n) is 31.3. The van der Waals surface area contributed by atoms with Gasteiger partial charge < -0.3 is 24.8 Å². The van der Waals surface area contributed by atoms with E-state index in [4.69, 9.17) is 10.3 Å². The van der Waals surface area contributed by atoms with Gasteiger partial charge in [0.15, 0.2) is 0 Å². The monoisotopic (exact) mass is 745 g/mol. The maximum Gasteiger partial charge on any atom is 0.488 e. The second-order valence-electron chi connectivity index (χ2n) is 14.3. The first-order chi connectivity index (χ1) is 27.4. The number of benzene rings is 7. The Hall–Kier alpha value is -5.26. The van der Waals surface area contributed by atoms with Crippen molar-refractivity contribution >= 4 is 57.5 Å². The molecule has 10 nitrogen and oxygen atoms in total. The van der Waals surface area contributed by atoms with Crippen molar-refractivity contribution in [1.82, 2.24) is 9.80 Å². The first-order valence-electron chi connectivity index (χ1n) is 19.0. The summed E-state index contributed by atoms with van der Waals surface area (Å²) in [7, 11) is -3.13. The van der Waals surface area contributed by atoms with Crippen LogP contribution in [0.25, 0.3) is 42.8 Å². The first kappa shape index (κ1) is 39.0. The normalized spacial score (nSPS) is 11.6. The summed E-state index contributed by atoms with van der Waals surface area (Å²) < 4.78 is 6.28. The summed E-state index contributed by atoms with van der Waals surface area (Å²) in [4.78, 5) is 7.43. The molecule has 7 rings (SSSR count). The van der Waals surface area contributed by atoms with E-state index >= 15 is 0 Å². The molecule has 12 heteroatoms. The van der Waals surface area contributed by atoms with Crippen molar-refractivity contribution in [2.45, 2.75) is 39.1 Å². The van der Waals surface area contributed by atoms with Crippen molar-refractivity contribution in [3.8, 4) is 0 Å². The lowest BCUT2D eigenvalue weighted by atomic mass is 9.77. The Balaban J connectivity index is 1.04. The van der Waals surface area contributed by atoms with Crippen LogP contribution < -0.4 is 10.9 Å². The number of hydrogen-bond acceptors (Lipinski definition) is 8. The highest BCUT2D eigenvalue weighted by Gasteiger charge is 2.20. The molecule has 282 valence electrons. The molecule has 0 bridgehead atoms. The third kappa shape index (κ3) is 9.39. The predicted molar refractivity (Wildman–Crippen MR) is 226 cm³/mol. The molecule has 0 saturated carbocycles. The molecular formula is C44H45B2N5O5. The smallest absolute Gasteiger partial charge is 0.423 e. The molecule has 0 fully saturated rings. The fraction of sp³-hybridized carbons (Fsp3) is 0.227. The number of ether oxygens (including phenoxy) is 1. The van der Waals surface area contributed by atoms with Crippen molar-refractivity contribution in [3.05, 3.63) is 166 Å². The maximum atomic E-state index is 10.2. The topological polar surface area (TPSA) is 145 Å². The third-order valence-electron chi connectivity index (χ3n) is 10.5. The minimum atomic E-state index is -1.56. The fourth-order valence-electron chi connectivity index (χ4n) is 7.75. The predicted octanol–water partition coefficient (Wildman–Crippen LogP) is 5.87. The number of rotatable bonds is 19.